The lowest BCUT2D eigenvalue weighted by Gasteiger charge is -2.42. The van der Waals surface area contributed by atoms with E-state index in [-0.39, 0.29) is 60.7 Å². The number of hydrogen-bond acceptors (Lipinski definition) is 7. The van der Waals surface area contributed by atoms with Gasteiger partial charge < -0.3 is 14.9 Å². The number of hydrogen-bond donors (Lipinski definition) is 2. The summed E-state index contributed by atoms with van der Waals surface area (Å²) in [6.45, 7) is 1.63. The first-order valence-electron chi connectivity index (χ1n) is 12.3. The van der Waals surface area contributed by atoms with Gasteiger partial charge in [-0.1, -0.05) is 17.7 Å². The Kier molecular flexibility index (Phi) is 6.09. The summed E-state index contributed by atoms with van der Waals surface area (Å²) in [6, 6.07) is 4.83. The van der Waals surface area contributed by atoms with E-state index >= 15 is 0 Å². The van der Waals surface area contributed by atoms with Crippen LogP contribution in [0.4, 0.5) is 0 Å². The molecule has 0 aromatic heterocycles. The molecule has 5 rings (SSSR count). The number of aromatic hydroxyl groups is 1. The number of imide groups is 1. The van der Waals surface area contributed by atoms with Crippen LogP contribution < -0.4 is 4.74 Å². The Balaban J connectivity index is 1.58. The van der Waals surface area contributed by atoms with Gasteiger partial charge in [0.25, 0.3) is 0 Å². The SMILES string of the molecule is COc1ccc([C@H]2C3=CC[C@@H]4C(=O)N(CCCC(=O)O)C(=O)[C@@H]4[C@@H]3CC3=C2C(=O)C(C)=CC3=O)cc1O. The Hall–Kier alpha value is -4.01. The number of carboxylic acid groups (broad SMARTS) is 1. The maximum atomic E-state index is 13.5. The van der Waals surface area contributed by atoms with Gasteiger partial charge in [0.05, 0.1) is 18.9 Å². The number of phenolic OH excluding ortho intramolecular Hbond substituents is 1. The summed E-state index contributed by atoms with van der Waals surface area (Å²) in [5.74, 6) is -4.50. The molecule has 0 saturated carbocycles. The molecule has 0 bridgehead atoms. The summed E-state index contributed by atoms with van der Waals surface area (Å²) in [5, 5.41) is 19.4. The summed E-state index contributed by atoms with van der Waals surface area (Å²) in [5.41, 5.74) is 2.39. The molecular weight excluding hydrogens is 478 g/mol. The Labute approximate surface area is 213 Å². The van der Waals surface area contributed by atoms with Gasteiger partial charge in [0.1, 0.15) is 0 Å². The largest absolute Gasteiger partial charge is 0.504 e. The average molecular weight is 506 g/mol. The molecular formula is C28H27NO8. The fourth-order valence-electron chi connectivity index (χ4n) is 6.30. The van der Waals surface area contributed by atoms with Gasteiger partial charge in [0.2, 0.25) is 11.8 Å². The molecule has 37 heavy (non-hydrogen) atoms. The van der Waals surface area contributed by atoms with E-state index in [0.29, 0.717) is 28.7 Å². The lowest BCUT2D eigenvalue weighted by molar-refractivity contribution is -0.142. The van der Waals surface area contributed by atoms with Crippen molar-refractivity contribution in [3.63, 3.8) is 0 Å². The Bertz CT molecular complexity index is 1350. The van der Waals surface area contributed by atoms with Gasteiger partial charge in [-0.2, -0.15) is 0 Å². The first-order valence-corrected chi connectivity index (χ1v) is 12.3. The highest BCUT2D eigenvalue weighted by atomic mass is 16.5. The fraction of sp³-hybridized carbons (Fsp3) is 0.393. The summed E-state index contributed by atoms with van der Waals surface area (Å²) in [6.07, 6.45) is 3.70. The zero-order valence-corrected chi connectivity index (χ0v) is 20.5. The number of carboxylic acids is 1. The van der Waals surface area contributed by atoms with Crippen molar-refractivity contribution in [3.8, 4) is 11.5 Å². The van der Waals surface area contributed by atoms with E-state index in [4.69, 9.17) is 9.84 Å². The number of ether oxygens (including phenoxy) is 1. The van der Waals surface area contributed by atoms with Crippen LogP contribution in [0.2, 0.25) is 0 Å². The molecule has 0 radical (unpaired) electrons. The highest BCUT2D eigenvalue weighted by Gasteiger charge is 2.56. The lowest BCUT2D eigenvalue weighted by Crippen LogP contribution is -2.39. The van der Waals surface area contributed by atoms with Crippen LogP contribution in [0.3, 0.4) is 0 Å². The molecule has 0 spiro atoms. The minimum Gasteiger partial charge on any atom is -0.504 e. The van der Waals surface area contributed by atoms with Crippen molar-refractivity contribution in [2.45, 2.75) is 38.5 Å². The minimum atomic E-state index is -0.998. The van der Waals surface area contributed by atoms with Crippen LogP contribution >= 0.6 is 0 Å². The van der Waals surface area contributed by atoms with Crippen molar-refractivity contribution in [1.82, 2.24) is 4.90 Å². The number of aliphatic carboxylic acids is 1. The molecule has 9 nitrogen and oxygen atoms in total. The number of likely N-dealkylation sites (tertiary alicyclic amines) is 1. The first-order chi connectivity index (χ1) is 17.6. The zero-order chi connectivity index (χ0) is 26.6. The topological polar surface area (TPSA) is 138 Å². The number of fused-ring (bicyclic) bond motifs is 3. The maximum absolute atomic E-state index is 13.5. The highest BCUT2D eigenvalue weighted by molar-refractivity contribution is 6.23. The van der Waals surface area contributed by atoms with Crippen molar-refractivity contribution in [3.05, 3.63) is 58.2 Å². The third kappa shape index (κ3) is 3.89. The van der Waals surface area contributed by atoms with E-state index in [1.807, 2.05) is 6.08 Å². The van der Waals surface area contributed by atoms with Gasteiger partial charge in [-0.3, -0.25) is 28.9 Å². The molecule has 0 unspecified atom stereocenters. The number of carbonyl (C=O) groups is 5. The van der Waals surface area contributed by atoms with Crippen molar-refractivity contribution in [2.24, 2.45) is 17.8 Å². The van der Waals surface area contributed by atoms with Gasteiger partial charge in [0.15, 0.2) is 23.1 Å². The normalized spacial score (nSPS) is 26.9. The number of amides is 2. The zero-order valence-electron chi connectivity index (χ0n) is 20.5. The van der Waals surface area contributed by atoms with Crippen LogP contribution in [-0.2, 0) is 24.0 Å². The monoisotopic (exact) mass is 505 g/mol. The molecule has 192 valence electrons. The number of phenols is 1. The fourth-order valence-corrected chi connectivity index (χ4v) is 6.30. The Morgan fingerprint density at radius 3 is 2.57 bits per heavy atom. The van der Waals surface area contributed by atoms with Gasteiger partial charge >= 0.3 is 5.97 Å². The predicted octanol–water partition coefficient (Wildman–Crippen LogP) is 2.70. The number of allylic oxidation sites excluding steroid dienone is 6. The smallest absolute Gasteiger partial charge is 0.303 e. The van der Waals surface area contributed by atoms with Crippen molar-refractivity contribution in [1.29, 1.82) is 0 Å². The average Bonchev–Trinajstić information content (AvgIpc) is 3.10. The van der Waals surface area contributed by atoms with Crippen LogP contribution in [-0.4, -0.2) is 58.1 Å². The number of rotatable bonds is 6. The molecule has 1 aromatic carbocycles. The van der Waals surface area contributed by atoms with Gasteiger partial charge in [-0.15, -0.1) is 0 Å². The molecule has 1 fully saturated rings. The summed E-state index contributed by atoms with van der Waals surface area (Å²) >= 11 is 0. The third-order valence-electron chi connectivity index (χ3n) is 7.96. The number of methoxy groups -OCH3 is 1. The van der Waals surface area contributed by atoms with E-state index in [0.717, 1.165) is 10.5 Å². The molecule has 9 heteroatoms. The molecule has 1 saturated heterocycles. The second-order valence-electron chi connectivity index (χ2n) is 9.99. The molecule has 1 heterocycles. The van der Waals surface area contributed by atoms with Gasteiger partial charge in [-0.05, 0) is 55.9 Å². The van der Waals surface area contributed by atoms with Crippen LogP contribution in [0.1, 0.15) is 44.1 Å². The molecule has 3 aliphatic carbocycles. The Morgan fingerprint density at radius 1 is 1.14 bits per heavy atom. The quantitative estimate of drug-likeness (QED) is 0.342. The summed E-state index contributed by atoms with van der Waals surface area (Å²) in [7, 11) is 1.43. The number of nitrogens with zero attached hydrogens (tertiary/aromatic N) is 1. The van der Waals surface area contributed by atoms with Crippen LogP contribution in [0, 0.1) is 17.8 Å². The van der Waals surface area contributed by atoms with Crippen LogP contribution in [0.25, 0.3) is 0 Å². The second kappa shape index (κ2) is 9.14. The van der Waals surface area contributed by atoms with E-state index < -0.39 is 29.6 Å². The molecule has 2 N–H and O–H groups in total. The maximum Gasteiger partial charge on any atom is 0.303 e. The molecule has 4 aliphatic rings. The van der Waals surface area contributed by atoms with Gasteiger partial charge in [0, 0.05) is 35.6 Å². The van der Waals surface area contributed by atoms with E-state index in [2.05, 4.69) is 0 Å². The number of benzene rings is 1. The predicted molar refractivity (Wildman–Crippen MR) is 130 cm³/mol. The number of carbonyl (C=O) groups excluding carboxylic acids is 4. The molecule has 1 aliphatic heterocycles. The standard InChI is InChI=1S/C28H27NO8/c1-13-10-19(30)18-12-17-15(23(25(18)26(13)34)14-5-8-21(37-2)20(31)11-14)6-7-16-24(17)28(36)29(27(16)35)9-3-4-22(32)33/h5-6,8,10-11,16-17,23-24,31H,3-4,7,9,12H2,1-2H3,(H,32,33)/t16-,17+,23-,24-/m0/s1. The lowest BCUT2D eigenvalue weighted by atomic mass is 9.59. The van der Waals surface area contributed by atoms with Crippen molar-refractivity contribution >= 4 is 29.4 Å². The number of ketones is 2. The summed E-state index contributed by atoms with van der Waals surface area (Å²) in [4.78, 5) is 65.2. The molecule has 4 atom stereocenters. The van der Waals surface area contributed by atoms with E-state index in [1.54, 1.807) is 19.1 Å². The molecule has 1 aromatic rings. The van der Waals surface area contributed by atoms with Gasteiger partial charge in [-0.25, -0.2) is 0 Å². The Morgan fingerprint density at radius 2 is 1.89 bits per heavy atom. The minimum absolute atomic E-state index is 0.0299. The molecule has 2 amide bonds. The van der Waals surface area contributed by atoms with Crippen LogP contribution in [0.15, 0.2) is 52.6 Å². The van der Waals surface area contributed by atoms with Crippen LogP contribution in [0.5, 0.6) is 11.5 Å². The summed E-state index contributed by atoms with van der Waals surface area (Å²) < 4.78 is 5.17. The van der Waals surface area contributed by atoms with E-state index in [9.17, 15) is 29.1 Å². The first kappa shape index (κ1) is 24.7. The second-order valence-corrected chi connectivity index (χ2v) is 9.99. The third-order valence-corrected chi connectivity index (χ3v) is 7.96. The number of Topliss-reactive ketones (excluding diaryl/α,β-unsaturated/α-hetero) is 1. The van der Waals surface area contributed by atoms with E-state index in [1.165, 1.54) is 19.3 Å². The highest BCUT2D eigenvalue weighted by Crippen LogP contribution is 2.55. The van der Waals surface area contributed by atoms with Crippen molar-refractivity contribution < 1.29 is 38.9 Å². The van der Waals surface area contributed by atoms with Crippen molar-refractivity contribution in [2.75, 3.05) is 13.7 Å².